The second-order valence-electron chi connectivity index (χ2n) is 12.3. The number of imidazole rings is 1. The van der Waals surface area contributed by atoms with E-state index in [-0.39, 0.29) is 29.7 Å². The first kappa shape index (κ1) is 44.5. The van der Waals surface area contributed by atoms with Gasteiger partial charge in [-0.25, -0.2) is 37.1 Å². The summed E-state index contributed by atoms with van der Waals surface area (Å²) in [5, 5.41) is 25.5. The van der Waals surface area contributed by atoms with Crippen LogP contribution in [-0.2, 0) is 19.6 Å². The molecule has 2 aromatic carbocycles. The topological polar surface area (TPSA) is 275 Å². The fourth-order valence-corrected chi connectivity index (χ4v) is 6.75. The molecular formula is C32H36F6N8O9S. The maximum atomic E-state index is 13.8. The number of halogens is 6. The van der Waals surface area contributed by atoms with Crippen LogP contribution >= 0.6 is 0 Å². The monoisotopic (exact) mass is 822 g/mol. The van der Waals surface area contributed by atoms with Gasteiger partial charge in [-0.3, -0.25) is 10.1 Å². The number of nitrogens with two attached hydrogens (primary N) is 2. The molecule has 0 unspecified atom stereocenters. The zero-order valence-electron chi connectivity index (χ0n) is 29.1. The minimum Gasteiger partial charge on any atom is -0.475 e. The van der Waals surface area contributed by atoms with Gasteiger partial charge >= 0.3 is 30.4 Å². The number of aromatic amines is 1. The van der Waals surface area contributed by atoms with Gasteiger partial charge in [0.25, 0.3) is 5.91 Å². The number of aliphatic imine (C=N–C) groups is 1. The molecule has 2 atom stereocenters. The molecule has 56 heavy (non-hydrogen) atoms. The number of rotatable bonds is 7. The molecule has 306 valence electrons. The number of alkyl halides is 6. The summed E-state index contributed by atoms with van der Waals surface area (Å²) >= 11 is 0. The van der Waals surface area contributed by atoms with Crippen LogP contribution in [0.1, 0.15) is 41.5 Å². The van der Waals surface area contributed by atoms with Crippen molar-refractivity contribution in [1.82, 2.24) is 19.2 Å². The molecule has 0 aliphatic carbocycles. The summed E-state index contributed by atoms with van der Waals surface area (Å²) < 4.78 is 89.0. The smallest absolute Gasteiger partial charge is 0.475 e. The summed E-state index contributed by atoms with van der Waals surface area (Å²) in [5.74, 6) is -4.62. The maximum Gasteiger partial charge on any atom is 0.490 e. The van der Waals surface area contributed by atoms with Crippen molar-refractivity contribution in [2.24, 2.45) is 28.3 Å². The molecule has 2 saturated heterocycles. The van der Waals surface area contributed by atoms with Crippen molar-refractivity contribution in [2.75, 3.05) is 31.2 Å². The Morgan fingerprint density at radius 2 is 1.39 bits per heavy atom. The van der Waals surface area contributed by atoms with E-state index in [0.717, 1.165) is 24.1 Å². The van der Waals surface area contributed by atoms with Gasteiger partial charge in [-0.15, -0.1) is 0 Å². The Morgan fingerprint density at radius 3 is 1.84 bits per heavy atom. The normalized spacial score (nSPS) is 17.7. The third-order valence-electron chi connectivity index (χ3n) is 8.44. The first-order valence-electron chi connectivity index (χ1n) is 16.1. The number of guanidine groups is 1. The van der Waals surface area contributed by atoms with Gasteiger partial charge in [0.2, 0.25) is 10.0 Å². The number of sulfonamides is 1. The third kappa shape index (κ3) is 12.9. The highest BCUT2D eigenvalue weighted by atomic mass is 32.2. The van der Waals surface area contributed by atoms with Gasteiger partial charge in [0.05, 0.1) is 29.9 Å². The SMILES string of the molecule is CS(=O)(=O)N1CCC([C@H]2C[C@@H](c3ncc(-c4ccc(NC(=O)O)cc4)[nH]3)N(C(=O)c3ccc(N=C(N)N)cc3)C2)CC1.O=C(O)C(F)(F)F.O=C(O)C(F)(F)F. The van der Waals surface area contributed by atoms with E-state index in [9.17, 15) is 44.3 Å². The van der Waals surface area contributed by atoms with Gasteiger partial charge in [-0.1, -0.05) is 12.1 Å². The highest BCUT2D eigenvalue weighted by molar-refractivity contribution is 7.88. The highest BCUT2D eigenvalue weighted by Crippen LogP contribution is 2.42. The number of benzene rings is 2. The first-order chi connectivity index (χ1) is 25.9. The van der Waals surface area contributed by atoms with Gasteiger partial charge in [0, 0.05) is 30.9 Å². The summed E-state index contributed by atoms with van der Waals surface area (Å²) in [7, 11) is -3.23. The molecular weight excluding hydrogens is 786 g/mol. The van der Waals surface area contributed by atoms with E-state index in [4.69, 9.17) is 36.4 Å². The number of carbonyl (C=O) groups excluding carboxylic acids is 1. The molecule has 9 N–H and O–H groups in total. The molecule has 3 aromatic rings. The fraction of sp³-hybridized carbons (Fsp3) is 0.375. The quantitative estimate of drug-likeness (QED) is 0.100. The number of hydrogen-bond acceptors (Lipinski definition) is 8. The van der Waals surface area contributed by atoms with Gasteiger partial charge in [0.1, 0.15) is 5.82 Å². The molecule has 2 aliphatic rings. The second-order valence-corrected chi connectivity index (χ2v) is 14.3. The van der Waals surface area contributed by atoms with Crippen LogP contribution in [0.25, 0.3) is 11.3 Å². The zero-order chi connectivity index (χ0) is 42.2. The number of piperidine rings is 1. The van der Waals surface area contributed by atoms with Crippen molar-refractivity contribution < 1.29 is 69.3 Å². The predicted molar refractivity (Wildman–Crippen MR) is 186 cm³/mol. The van der Waals surface area contributed by atoms with Crippen LogP contribution in [0.5, 0.6) is 0 Å². The molecule has 3 heterocycles. The maximum absolute atomic E-state index is 13.8. The zero-order valence-corrected chi connectivity index (χ0v) is 29.9. The summed E-state index contributed by atoms with van der Waals surface area (Å²) in [6.07, 6.45) is -6.20. The van der Waals surface area contributed by atoms with Crippen molar-refractivity contribution >= 4 is 51.3 Å². The summed E-state index contributed by atoms with van der Waals surface area (Å²) in [4.78, 5) is 56.4. The molecule has 0 radical (unpaired) electrons. The number of carboxylic acid groups (broad SMARTS) is 3. The highest BCUT2D eigenvalue weighted by Gasteiger charge is 2.43. The van der Waals surface area contributed by atoms with Crippen LogP contribution < -0.4 is 16.8 Å². The number of carboxylic acids is 2. The lowest BCUT2D eigenvalue weighted by atomic mass is 9.83. The Morgan fingerprint density at radius 1 is 0.875 bits per heavy atom. The third-order valence-corrected chi connectivity index (χ3v) is 9.75. The molecule has 1 aromatic heterocycles. The predicted octanol–water partition coefficient (Wildman–Crippen LogP) is 4.21. The van der Waals surface area contributed by atoms with Crippen LogP contribution in [-0.4, -0.2) is 111 Å². The Hall–Kier alpha value is -5.91. The molecule has 2 fully saturated rings. The van der Waals surface area contributed by atoms with Gasteiger partial charge < -0.3 is 36.7 Å². The van der Waals surface area contributed by atoms with Crippen molar-refractivity contribution in [3.8, 4) is 11.3 Å². The van der Waals surface area contributed by atoms with Gasteiger partial charge in [-0.05, 0) is 73.1 Å². The number of aromatic nitrogens is 2. The van der Waals surface area contributed by atoms with E-state index >= 15 is 0 Å². The van der Waals surface area contributed by atoms with E-state index in [0.29, 0.717) is 48.8 Å². The number of nitrogens with zero attached hydrogens (tertiary/aromatic N) is 4. The van der Waals surface area contributed by atoms with Crippen LogP contribution in [0, 0.1) is 11.8 Å². The molecule has 17 nitrogen and oxygen atoms in total. The lowest BCUT2D eigenvalue weighted by Gasteiger charge is -2.33. The van der Waals surface area contributed by atoms with Crippen molar-refractivity contribution in [3.05, 3.63) is 66.1 Å². The molecule has 0 saturated carbocycles. The Bertz CT molecular complexity index is 1970. The standard InChI is InChI=1S/C28H34N8O5S.2C2HF3O2/c1-42(40,41)35-12-10-17(11-13-35)20-14-24(36(16-20)26(37)19-4-8-21(9-5-19)32-27(29)30)25-31-15-23(34-25)18-2-6-22(7-3-18)33-28(38)39;2*3-2(4,5)1(6)7/h2-9,15,17,20,24,33H,10-14,16H2,1H3,(H,31,34)(H,38,39)(H4,29,30,32);2*(H,6,7)/t20-,24-;;/m0../s1. The minimum absolute atomic E-state index is 0.0696. The summed E-state index contributed by atoms with van der Waals surface area (Å²) in [5.41, 5.74) is 14.0. The number of carbonyl (C=O) groups is 4. The van der Waals surface area contributed by atoms with Crippen molar-refractivity contribution in [2.45, 2.75) is 37.7 Å². The van der Waals surface area contributed by atoms with E-state index < -0.39 is 40.4 Å². The number of H-pyrrole nitrogens is 1. The molecule has 24 heteroatoms. The van der Waals surface area contributed by atoms with E-state index in [1.54, 1.807) is 54.7 Å². The molecule has 0 bridgehead atoms. The van der Waals surface area contributed by atoms with E-state index in [1.807, 2.05) is 4.90 Å². The largest absolute Gasteiger partial charge is 0.490 e. The van der Waals surface area contributed by atoms with Crippen LogP contribution in [0.4, 0.5) is 42.5 Å². The first-order valence-corrected chi connectivity index (χ1v) is 17.9. The number of hydrogen-bond donors (Lipinski definition) is 7. The second kappa shape index (κ2) is 18.1. The van der Waals surface area contributed by atoms with Crippen LogP contribution in [0.2, 0.25) is 0 Å². The number of anilines is 1. The number of amides is 2. The minimum atomic E-state index is -5.08. The van der Waals surface area contributed by atoms with Gasteiger partial charge in [0.15, 0.2) is 5.96 Å². The molecule has 2 aliphatic heterocycles. The molecule has 0 spiro atoms. The Labute approximate surface area is 314 Å². The van der Waals surface area contributed by atoms with Crippen molar-refractivity contribution in [1.29, 1.82) is 0 Å². The fourth-order valence-electron chi connectivity index (χ4n) is 5.88. The molecule has 2 amide bonds. The number of likely N-dealkylation sites (tertiary alicyclic amines) is 1. The number of aliphatic carboxylic acids is 2. The van der Waals surface area contributed by atoms with E-state index in [1.165, 1.54) is 10.6 Å². The van der Waals surface area contributed by atoms with E-state index in [2.05, 4.69) is 20.3 Å². The average Bonchev–Trinajstić information content (AvgIpc) is 3.76. The molecule has 5 rings (SSSR count). The van der Waals surface area contributed by atoms with Crippen LogP contribution in [0.3, 0.4) is 0 Å². The lowest BCUT2D eigenvalue weighted by molar-refractivity contribution is -0.193. The Balaban J connectivity index is 0.000000512. The van der Waals surface area contributed by atoms with Crippen molar-refractivity contribution in [3.63, 3.8) is 0 Å². The lowest BCUT2D eigenvalue weighted by Crippen LogP contribution is -2.40. The Kier molecular flexibility index (Phi) is 14.4. The van der Waals surface area contributed by atoms with Gasteiger partial charge in [-0.2, -0.15) is 26.3 Å². The summed E-state index contributed by atoms with van der Waals surface area (Å²) in [6.45, 7) is 1.47. The van der Waals surface area contributed by atoms with Crippen LogP contribution in [0.15, 0.2) is 59.7 Å². The number of nitrogens with one attached hydrogen (secondary N) is 2. The average molecular weight is 823 g/mol. The summed E-state index contributed by atoms with van der Waals surface area (Å²) in [6, 6.07) is 13.4.